The maximum absolute atomic E-state index is 10.8. The summed E-state index contributed by atoms with van der Waals surface area (Å²) in [6.45, 7) is 6.45. The molecule has 0 aliphatic carbocycles. The SMILES string of the molecule is CC(=O)OC(C)(N)N1CCNCC1. The van der Waals surface area contributed by atoms with Gasteiger partial charge < -0.3 is 10.1 Å². The zero-order valence-electron chi connectivity index (χ0n) is 8.17. The Morgan fingerprint density at radius 2 is 2.08 bits per heavy atom. The molecule has 1 rings (SSSR count). The van der Waals surface area contributed by atoms with Gasteiger partial charge in [0.2, 0.25) is 5.85 Å². The second-order valence-electron chi connectivity index (χ2n) is 3.39. The first-order valence-corrected chi connectivity index (χ1v) is 4.46. The fourth-order valence-electron chi connectivity index (χ4n) is 1.46. The molecule has 76 valence electrons. The highest BCUT2D eigenvalue weighted by molar-refractivity contribution is 5.66. The van der Waals surface area contributed by atoms with Gasteiger partial charge in [0.1, 0.15) is 0 Å². The molecular formula is C8H17N3O2. The first-order valence-electron chi connectivity index (χ1n) is 4.46. The molecule has 1 saturated heterocycles. The average molecular weight is 187 g/mol. The number of hydrogen-bond acceptors (Lipinski definition) is 5. The molecule has 1 atom stereocenters. The molecule has 5 heteroatoms. The van der Waals surface area contributed by atoms with E-state index < -0.39 is 5.85 Å². The number of carbonyl (C=O) groups is 1. The van der Waals surface area contributed by atoms with Gasteiger partial charge in [0.15, 0.2) is 0 Å². The minimum Gasteiger partial charge on any atom is -0.431 e. The van der Waals surface area contributed by atoms with Crippen molar-refractivity contribution in [2.24, 2.45) is 5.73 Å². The molecule has 0 bridgehead atoms. The van der Waals surface area contributed by atoms with Gasteiger partial charge >= 0.3 is 5.97 Å². The van der Waals surface area contributed by atoms with Crippen LogP contribution in [-0.4, -0.2) is 42.9 Å². The Bertz CT molecular complexity index is 188. The zero-order valence-corrected chi connectivity index (χ0v) is 8.17. The monoisotopic (exact) mass is 187 g/mol. The van der Waals surface area contributed by atoms with Gasteiger partial charge in [-0.25, -0.2) is 0 Å². The molecule has 5 nitrogen and oxygen atoms in total. The first-order chi connectivity index (χ1) is 6.02. The van der Waals surface area contributed by atoms with Crippen LogP contribution in [0.4, 0.5) is 0 Å². The normalized spacial score (nSPS) is 23.6. The van der Waals surface area contributed by atoms with Crippen molar-refractivity contribution in [1.82, 2.24) is 10.2 Å². The smallest absolute Gasteiger partial charge is 0.305 e. The van der Waals surface area contributed by atoms with Crippen LogP contribution in [0.2, 0.25) is 0 Å². The lowest BCUT2D eigenvalue weighted by atomic mass is 10.3. The van der Waals surface area contributed by atoms with Gasteiger partial charge in [-0.1, -0.05) is 0 Å². The second-order valence-corrected chi connectivity index (χ2v) is 3.39. The van der Waals surface area contributed by atoms with E-state index in [1.165, 1.54) is 6.92 Å². The van der Waals surface area contributed by atoms with Gasteiger partial charge in [-0.05, 0) is 0 Å². The molecule has 13 heavy (non-hydrogen) atoms. The maximum atomic E-state index is 10.8. The Morgan fingerprint density at radius 1 is 1.54 bits per heavy atom. The van der Waals surface area contributed by atoms with Crippen LogP contribution in [0.1, 0.15) is 13.8 Å². The number of hydrogen-bond donors (Lipinski definition) is 2. The number of nitrogens with zero attached hydrogens (tertiary/aromatic N) is 1. The molecule has 0 radical (unpaired) electrons. The standard InChI is InChI=1S/C8H17N3O2/c1-7(12)13-8(2,9)11-5-3-10-4-6-11/h10H,3-6,9H2,1-2H3. The van der Waals surface area contributed by atoms with E-state index in [9.17, 15) is 4.79 Å². The van der Waals surface area contributed by atoms with Crippen LogP contribution in [-0.2, 0) is 9.53 Å². The van der Waals surface area contributed by atoms with E-state index in [4.69, 9.17) is 10.5 Å². The summed E-state index contributed by atoms with van der Waals surface area (Å²) < 4.78 is 5.01. The Balaban J connectivity index is 2.50. The summed E-state index contributed by atoms with van der Waals surface area (Å²) in [4.78, 5) is 12.7. The summed E-state index contributed by atoms with van der Waals surface area (Å²) in [6, 6.07) is 0. The van der Waals surface area contributed by atoms with Gasteiger partial charge in [-0.3, -0.25) is 15.4 Å². The second kappa shape index (κ2) is 4.04. The first kappa shape index (κ1) is 10.4. The molecule has 0 aromatic rings. The van der Waals surface area contributed by atoms with Crippen molar-refractivity contribution in [3.63, 3.8) is 0 Å². The van der Waals surface area contributed by atoms with Gasteiger partial charge in [0.05, 0.1) is 0 Å². The topological polar surface area (TPSA) is 67.6 Å². The predicted octanol–water partition coefficient (Wildman–Crippen LogP) is -0.913. The molecule has 0 amide bonds. The molecule has 0 spiro atoms. The molecule has 3 N–H and O–H groups in total. The van der Waals surface area contributed by atoms with Gasteiger partial charge in [0, 0.05) is 40.0 Å². The lowest BCUT2D eigenvalue weighted by Gasteiger charge is -2.39. The number of rotatable bonds is 2. The quantitative estimate of drug-likeness (QED) is 0.432. The van der Waals surface area contributed by atoms with Crippen LogP contribution in [0.25, 0.3) is 0 Å². The fourth-order valence-corrected chi connectivity index (χ4v) is 1.46. The van der Waals surface area contributed by atoms with Crippen LogP contribution in [0, 0.1) is 0 Å². The van der Waals surface area contributed by atoms with Gasteiger partial charge in [0.25, 0.3) is 0 Å². The zero-order chi connectivity index (χ0) is 9.90. The van der Waals surface area contributed by atoms with Crippen LogP contribution in [0.3, 0.4) is 0 Å². The van der Waals surface area contributed by atoms with Crippen molar-refractivity contribution in [1.29, 1.82) is 0 Å². The van der Waals surface area contributed by atoms with Gasteiger partial charge in [-0.2, -0.15) is 0 Å². The Kier molecular flexibility index (Phi) is 3.24. The van der Waals surface area contributed by atoms with Gasteiger partial charge in [-0.15, -0.1) is 0 Å². The Morgan fingerprint density at radius 3 is 2.54 bits per heavy atom. The predicted molar refractivity (Wildman–Crippen MR) is 48.8 cm³/mol. The number of carbonyl (C=O) groups excluding carboxylic acids is 1. The molecule has 1 fully saturated rings. The van der Waals surface area contributed by atoms with Crippen molar-refractivity contribution >= 4 is 5.97 Å². The molecule has 0 aromatic carbocycles. The molecule has 0 saturated carbocycles. The summed E-state index contributed by atoms with van der Waals surface area (Å²) in [5.41, 5.74) is 5.85. The summed E-state index contributed by atoms with van der Waals surface area (Å²) in [7, 11) is 0. The van der Waals surface area contributed by atoms with E-state index in [0.717, 1.165) is 26.2 Å². The van der Waals surface area contributed by atoms with Crippen molar-refractivity contribution in [3.8, 4) is 0 Å². The van der Waals surface area contributed by atoms with E-state index in [1.807, 2.05) is 4.90 Å². The summed E-state index contributed by atoms with van der Waals surface area (Å²) in [5, 5.41) is 3.20. The third-order valence-electron chi connectivity index (χ3n) is 2.10. The van der Waals surface area contributed by atoms with Crippen molar-refractivity contribution in [3.05, 3.63) is 0 Å². The fraction of sp³-hybridized carbons (Fsp3) is 0.875. The average Bonchev–Trinajstić information content (AvgIpc) is 2.04. The number of nitrogens with one attached hydrogen (secondary N) is 1. The minimum absolute atomic E-state index is 0.344. The van der Waals surface area contributed by atoms with Crippen molar-refractivity contribution < 1.29 is 9.53 Å². The van der Waals surface area contributed by atoms with Crippen LogP contribution in [0.5, 0.6) is 0 Å². The van der Waals surface area contributed by atoms with E-state index >= 15 is 0 Å². The molecular weight excluding hydrogens is 170 g/mol. The summed E-state index contributed by atoms with van der Waals surface area (Å²) in [5.74, 6) is -1.31. The van der Waals surface area contributed by atoms with Crippen LogP contribution in [0.15, 0.2) is 0 Å². The Hall–Kier alpha value is -0.650. The molecule has 1 aliphatic rings. The summed E-state index contributed by atoms with van der Waals surface area (Å²) in [6.07, 6.45) is 0. The van der Waals surface area contributed by atoms with Crippen LogP contribution < -0.4 is 11.1 Å². The molecule has 1 heterocycles. The third-order valence-corrected chi connectivity index (χ3v) is 2.10. The lowest BCUT2D eigenvalue weighted by molar-refractivity contribution is -0.178. The molecule has 0 aromatic heterocycles. The largest absolute Gasteiger partial charge is 0.431 e. The van der Waals surface area contributed by atoms with Crippen molar-refractivity contribution in [2.45, 2.75) is 19.7 Å². The van der Waals surface area contributed by atoms with Crippen LogP contribution >= 0.6 is 0 Å². The van der Waals surface area contributed by atoms with E-state index in [0.29, 0.717) is 0 Å². The van der Waals surface area contributed by atoms with E-state index in [2.05, 4.69) is 5.32 Å². The minimum atomic E-state index is -0.964. The third kappa shape index (κ3) is 2.95. The number of ether oxygens (including phenoxy) is 1. The highest BCUT2D eigenvalue weighted by atomic mass is 16.6. The number of piperazine rings is 1. The number of nitrogens with two attached hydrogens (primary N) is 1. The van der Waals surface area contributed by atoms with Crippen molar-refractivity contribution in [2.75, 3.05) is 26.2 Å². The maximum Gasteiger partial charge on any atom is 0.305 e. The molecule has 1 aliphatic heterocycles. The van der Waals surface area contributed by atoms with E-state index in [1.54, 1.807) is 6.92 Å². The van der Waals surface area contributed by atoms with E-state index in [-0.39, 0.29) is 5.97 Å². The summed E-state index contributed by atoms with van der Waals surface area (Å²) >= 11 is 0. The Labute approximate surface area is 78.2 Å². The highest BCUT2D eigenvalue weighted by Gasteiger charge is 2.31. The highest BCUT2D eigenvalue weighted by Crippen LogP contribution is 2.10. The number of esters is 1. The molecule has 1 unspecified atom stereocenters. The lowest BCUT2D eigenvalue weighted by Crippen LogP contribution is -2.61.